The predicted octanol–water partition coefficient (Wildman–Crippen LogP) is 3.06. The molecule has 2 atom stereocenters. The number of hydrogen-bond donors (Lipinski definition) is 1. The fraction of sp³-hybridized carbons (Fsp3) is 0.571. The highest BCUT2D eigenvalue weighted by atomic mass is 16.5. The zero-order valence-corrected chi connectivity index (χ0v) is 9.65. The van der Waals surface area contributed by atoms with Crippen molar-refractivity contribution in [1.29, 1.82) is 0 Å². The molecule has 0 spiro atoms. The van der Waals surface area contributed by atoms with Crippen molar-refractivity contribution in [2.75, 3.05) is 0 Å². The Hall–Kier alpha value is -1.02. The quantitative estimate of drug-likeness (QED) is 0.826. The third-order valence-corrected chi connectivity index (χ3v) is 4.05. The summed E-state index contributed by atoms with van der Waals surface area (Å²) in [6.45, 7) is 2.17. The Morgan fingerprint density at radius 2 is 2.12 bits per heavy atom. The van der Waals surface area contributed by atoms with E-state index in [9.17, 15) is 5.11 Å². The first kappa shape index (κ1) is 10.2. The lowest BCUT2D eigenvalue weighted by atomic mass is 9.83. The van der Waals surface area contributed by atoms with Gasteiger partial charge < -0.3 is 9.84 Å². The average molecular weight is 218 g/mol. The molecule has 0 saturated heterocycles. The smallest absolute Gasteiger partial charge is 0.125 e. The molecule has 0 bridgehead atoms. The molecule has 16 heavy (non-hydrogen) atoms. The van der Waals surface area contributed by atoms with E-state index in [1.54, 1.807) is 0 Å². The van der Waals surface area contributed by atoms with Crippen LogP contribution in [0.5, 0.6) is 5.75 Å². The van der Waals surface area contributed by atoms with Crippen LogP contribution in [0, 0.1) is 5.92 Å². The molecule has 2 heteroatoms. The van der Waals surface area contributed by atoms with Crippen LogP contribution in [0.1, 0.15) is 44.3 Å². The van der Waals surface area contributed by atoms with E-state index in [4.69, 9.17) is 4.74 Å². The van der Waals surface area contributed by atoms with E-state index in [0.29, 0.717) is 5.92 Å². The van der Waals surface area contributed by atoms with Gasteiger partial charge in [0.25, 0.3) is 0 Å². The van der Waals surface area contributed by atoms with E-state index in [1.165, 1.54) is 12.8 Å². The summed E-state index contributed by atoms with van der Waals surface area (Å²) in [6.07, 6.45) is 3.89. The second kappa shape index (κ2) is 3.49. The lowest BCUT2D eigenvalue weighted by Crippen LogP contribution is -2.42. The standard InChI is InChI=1S/C14H18O2/c1-2-14(10-7-8-10)9-12(15)11-5-3-4-6-13(11)16-14/h3-6,10,12,15H,2,7-9H2,1H3. The van der Waals surface area contributed by atoms with Gasteiger partial charge in [-0.25, -0.2) is 0 Å². The van der Waals surface area contributed by atoms with Crippen LogP contribution in [0.3, 0.4) is 0 Å². The van der Waals surface area contributed by atoms with Gasteiger partial charge in [0.1, 0.15) is 11.4 Å². The summed E-state index contributed by atoms with van der Waals surface area (Å²) in [4.78, 5) is 0. The SMILES string of the molecule is CCC1(C2CC2)CC(O)c2ccccc2O1. The largest absolute Gasteiger partial charge is 0.487 e. The van der Waals surface area contributed by atoms with Gasteiger partial charge in [-0.1, -0.05) is 25.1 Å². The van der Waals surface area contributed by atoms with Gasteiger partial charge in [0, 0.05) is 12.0 Å². The summed E-state index contributed by atoms with van der Waals surface area (Å²) in [6, 6.07) is 7.88. The van der Waals surface area contributed by atoms with Gasteiger partial charge in [-0.2, -0.15) is 0 Å². The molecule has 0 amide bonds. The molecule has 0 aromatic heterocycles. The number of aliphatic hydroxyl groups is 1. The van der Waals surface area contributed by atoms with Crippen LogP contribution in [0.4, 0.5) is 0 Å². The highest BCUT2D eigenvalue weighted by Gasteiger charge is 2.49. The van der Waals surface area contributed by atoms with Gasteiger partial charge in [0.2, 0.25) is 0 Å². The van der Waals surface area contributed by atoms with Gasteiger partial charge in [0.15, 0.2) is 0 Å². The average Bonchev–Trinajstić information content (AvgIpc) is 3.13. The first-order valence-corrected chi connectivity index (χ1v) is 6.21. The summed E-state index contributed by atoms with van der Waals surface area (Å²) in [5.41, 5.74) is 0.848. The van der Waals surface area contributed by atoms with Crippen molar-refractivity contribution < 1.29 is 9.84 Å². The molecule has 2 nitrogen and oxygen atoms in total. The number of benzene rings is 1. The van der Waals surface area contributed by atoms with E-state index in [2.05, 4.69) is 6.92 Å². The van der Waals surface area contributed by atoms with Crippen molar-refractivity contribution in [2.24, 2.45) is 5.92 Å². The first-order chi connectivity index (χ1) is 7.75. The lowest BCUT2D eigenvalue weighted by Gasteiger charge is -2.40. The van der Waals surface area contributed by atoms with Crippen LogP contribution >= 0.6 is 0 Å². The molecule has 1 aromatic carbocycles. The fourth-order valence-corrected chi connectivity index (χ4v) is 2.91. The number of para-hydroxylation sites is 1. The summed E-state index contributed by atoms with van der Waals surface area (Å²) < 4.78 is 6.20. The maximum atomic E-state index is 10.2. The second-order valence-corrected chi connectivity index (χ2v) is 5.05. The number of rotatable bonds is 2. The Kier molecular flexibility index (Phi) is 2.21. The molecule has 1 aliphatic carbocycles. The van der Waals surface area contributed by atoms with Crippen LogP contribution in [-0.2, 0) is 0 Å². The molecule has 1 N–H and O–H groups in total. The van der Waals surface area contributed by atoms with E-state index < -0.39 is 0 Å². The Morgan fingerprint density at radius 1 is 1.38 bits per heavy atom. The molecule has 2 aliphatic rings. The zero-order chi connectivity index (χ0) is 11.2. The van der Waals surface area contributed by atoms with Crippen molar-refractivity contribution in [3.05, 3.63) is 29.8 Å². The number of hydrogen-bond acceptors (Lipinski definition) is 2. The van der Waals surface area contributed by atoms with Crippen LogP contribution < -0.4 is 4.74 Å². The molecule has 1 saturated carbocycles. The van der Waals surface area contributed by atoms with E-state index in [-0.39, 0.29) is 11.7 Å². The minimum Gasteiger partial charge on any atom is -0.487 e. The predicted molar refractivity (Wildman–Crippen MR) is 62.4 cm³/mol. The monoisotopic (exact) mass is 218 g/mol. The molecule has 2 unspecified atom stereocenters. The number of aliphatic hydroxyl groups excluding tert-OH is 1. The summed E-state index contributed by atoms with van der Waals surface area (Å²) in [5.74, 6) is 1.54. The number of ether oxygens (including phenoxy) is 1. The normalized spacial score (nSPS) is 33.0. The van der Waals surface area contributed by atoms with Gasteiger partial charge in [-0.15, -0.1) is 0 Å². The first-order valence-electron chi connectivity index (χ1n) is 6.21. The van der Waals surface area contributed by atoms with Crippen LogP contribution in [-0.4, -0.2) is 10.7 Å². The maximum absolute atomic E-state index is 10.2. The molecule has 86 valence electrons. The van der Waals surface area contributed by atoms with Gasteiger partial charge >= 0.3 is 0 Å². The van der Waals surface area contributed by atoms with Crippen LogP contribution in [0.15, 0.2) is 24.3 Å². The highest BCUT2D eigenvalue weighted by Crippen LogP contribution is 2.52. The molecule has 3 rings (SSSR count). The fourth-order valence-electron chi connectivity index (χ4n) is 2.91. The van der Waals surface area contributed by atoms with Crippen molar-refractivity contribution >= 4 is 0 Å². The highest BCUT2D eigenvalue weighted by molar-refractivity contribution is 5.38. The van der Waals surface area contributed by atoms with Crippen molar-refractivity contribution in [3.63, 3.8) is 0 Å². The summed E-state index contributed by atoms with van der Waals surface area (Å²) in [5, 5.41) is 10.2. The summed E-state index contributed by atoms with van der Waals surface area (Å²) >= 11 is 0. The van der Waals surface area contributed by atoms with E-state index in [1.807, 2.05) is 24.3 Å². The topological polar surface area (TPSA) is 29.5 Å². The lowest BCUT2D eigenvalue weighted by molar-refractivity contribution is -0.0327. The molecule has 1 aromatic rings. The molecule has 1 heterocycles. The second-order valence-electron chi connectivity index (χ2n) is 5.05. The van der Waals surface area contributed by atoms with E-state index in [0.717, 1.165) is 24.2 Å². The molecular formula is C14H18O2. The zero-order valence-electron chi connectivity index (χ0n) is 9.65. The number of fused-ring (bicyclic) bond motifs is 1. The molecule has 0 radical (unpaired) electrons. The Balaban J connectivity index is 1.98. The third kappa shape index (κ3) is 1.44. The van der Waals surface area contributed by atoms with E-state index >= 15 is 0 Å². The van der Waals surface area contributed by atoms with Crippen LogP contribution in [0.25, 0.3) is 0 Å². The minimum absolute atomic E-state index is 0.103. The maximum Gasteiger partial charge on any atom is 0.125 e. The molecule has 1 fully saturated rings. The van der Waals surface area contributed by atoms with Gasteiger partial charge in [0.05, 0.1) is 6.10 Å². The minimum atomic E-state index is -0.356. The van der Waals surface area contributed by atoms with Crippen molar-refractivity contribution in [3.8, 4) is 5.75 Å². The third-order valence-electron chi connectivity index (χ3n) is 4.05. The van der Waals surface area contributed by atoms with Gasteiger partial charge in [-0.3, -0.25) is 0 Å². The van der Waals surface area contributed by atoms with Crippen LogP contribution in [0.2, 0.25) is 0 Å². The molecular weight excluding hydrogens is 200 g/mol. The molecule has 1 aliphatic heterocycles. The summed E-state index contributed by atoms with van der Waals surface area (Å²) in [7, 11) is 0. The Bertz CT molecular complexity index is 397. The van der Waals surface area contributed by atoms with Crippen molar-refractivity contribution in [2.45, 2.75) is 44.3 Å². The van der Waals surface area contributed by atoms with Gasteiger partial charge in [-0.05, 0) is 31.2 Å². The Labute approximate surface area is 96.2 Å². The Morgan fingerprint density at radius 3 is 2.81 bits per heavy atom. The van der Waals surface area contributed by atoms with Crippen molar-refractivity contribution in [1.82, 2.24) is 0 Å².